The minimum atomic E-state index is -4.17. The highest BCUT2D eigenvalue weighted by molar-refractivity contribution is 5.79. The molecule has 0 spiro atoms. The number of aryl methyl sites for hydroxylation is 1. The zero-order chi connectivity index (χ0) is 22.0. The van der Waals surface area contributed by atoms with Gasteiger partial charge in [-0.25, -0.2) is 4.99 Å². The second kappa shape index (κ2) is 12.0. The van der Waals surface area contributed by atoms with Gasteiger partial charge < -0.3 is 20.1 Å². The third kappa shape index (κ3) is 9.21. The van der Waals surface area contributed by atoms with Gasteiger partial charge >= 0.3 is 6.18 Å². The minimum absolute atomic E-state index is 0.0644. The number of nitrogens with zero attached hydrogens (tertiary/aromatic N) is 2. The molecule has 1 heterocycles. The van der Waals surface area contributed by atoms with E-state index in [9.17, 15) is 13.2 Å². The molecule has 1 atom stereocenters. The summed E-state index contributed by atoms with van der Waals surface area (Å²) < 4.78 is 48.7. The molecule has 9 heteroatoms. The summed E-state index contributed by atoms with van der Waals surface area (Å²) >= 11 is 0. The average Bonchev–Trinajstić information content (AvgIpc) is 3.16. The number of rotatable bonds is 10. The Morgan fingerprint density at radius 1 is 1.33 bits per heavy atom. The summed E-state index contributed by atoms with van der Waals surface area (Å²) in [5.74, 6) is 1.45. The van der Waals surface area contributed by atoms with Gasteiger partial charge in [0.2, 0.25) is 0 Å². The van der Waals surface area contributed by atoms with E-state index in [1.807, 2.05) is 32.0 Å². The van der Waals surface area contributed by atoms with Crippen LogP contribution in [0.25, 0.3) is 0 Å². The van der Waals surface area contributed by atoms with Crippen molar-refractivity contribution in [2.45, 2.75) is 45.5 Å². The first-order valence-corrected chi connectivity index (χ1v) is 10.4. The molecule has 1 fully saturated rings. The van der Waals surface area contributed by atoms with Crippen LogP contribution in [-0.4, -0.2) is 69.6 Å². The second-order valence-corrected chi connectivity index (χ2v) is 7.54. The SMILES string of the molecule is CCNC(=NCc1ccc(C)cc1OC1CCOC1)NCCCN(C)CC(F)(F)F. The number of benzene rings is 1. The van der Waals surface area contributed by atoms with E-state index in [1.165, 1.54) is 11.9 Å². The normalized spacial score (nSPS) is 17.4. The minimum Gasteiger partial charge on any atom is -0.488 e. The maximum absolute atomic E-state index is 12.4. The van der Waals surface area contributed by atoms with Crippen LogP contribution in [0.15, 0.2) is 23.2 Å². The number of aliphatic imine (C=N–C) groups is 1. The standard InChI is InChI=1S/C21H33F3N4O2/c1-4-25-20(26-9-5-10-28(3)15-21(22,23)24)27-13-17-7-6-16(2)12-19(17)30-18-8-11-29-14-18/h6-7,12,18H,4-5,8-11,13-15H2,1-3H3,(H2,25,26,27). The lowest BCUT2D eigenvalue weighted by atomic mass is 10.1. The van der Waals surface area contributed by atoms with E-state index in [0.29, 0.717) is 45.2 Å². The molecule has 1 aliphatic heterocycles. The predicted molar refractivity (Wildman–Crippen MR) is 112 cm³/mol. The molecule has 6 nitrogen and oxygen atoms in total. The van der Waals surface area contributed by atoms with Crippen LogP contribution in [0.3, 0.4) is 0 Å². The first-order valence-electron chi connectivity index (χ1n) is 10.4. The van der Waals surface area contributed by atoms with Crippen LogP contribution in [-0.2, 0) is 11.3 Å². The molecule has 0 aliphatic carbocycles. The van der Waals surface area contributed by atoms with Crippen molar-refractivity contribution in [1.29, 1.82) is 0 Å². The number of hydrogen-bond acceptors (Lipinski definition) is 4. The third-order valence-electron chi connectivity index (χ3n) is 4.61. The fourth-order valence-corrected chi connectivity index (χ4v) is 3.13. The number of alkyl halides is 3. The van der Waals surface area contributed by atoms with E-state index in [4.69, 9.17) is 9.47 Å². The predicted octanol–water partition coefficient (Wildman–Crippen LogP) is 3.10. The number of hydrogen-bond donors (Lipinski definition) is 2. The summed E-state index contributed by atoms with van der Waals surface area (Å²) in [4.78, 5) is 5.89. The Morgan fingerprint density at radius 3 is 2.80 bits per heavy atom. The molecule has 0 bridgehead atoms. The average molecular weight is 431 g/mol. The fraction of sp³-hybridized carbons (Fsp3) is 0.667. The Bertz CT molecular complexity index is 677. The van der Waals surface area contributed by atoms with Crippen molar-refractivity contribution in [3.8, 4) is 5.75 Å². The highest BCUT2D eigenvalue weighted by Crippen LogP contribution is 2.24. The van der Waals surface area contributed by atoms with E-state index >= 15 is 0 Å². The van der Waals surface area contributed by atoms with Crippen LogP contribution in [0.5, 0.6) is 5.75 Å². The lowest BCUT2D eigenvalue weighted by molar-refractivity contribution is -0.143. The van der Waals surface area contributed by atoms with Crippen LogP contribution in [0, 0.1) is 6.92 Å². The van der Waals surface area contributed by atoms with Crippen LogP contribution in [0.4, 0.5) is 13.2 Å². The summed E-state index contributed by atoms with van der Waals surface area (Å²) in [6.07, 6.45) is -2.65. The molecule has 0 saturated carbocycles. The molecule has 1 aromatic carbocycles. The molecule has 30 heavy (non-hydrogen) atoms. The zero-order valence-electron chi connectivity index (χ0n) is 18.0. The van der Waals surface area contributed by atoms with E-state index in [0.717, 1.165) is 29.9 Å². The monoisotopic (exact) mass is 430 g/mol. The number of halogens is 3. The molecule has 0 amide bonds. The van der Waals surface area contributed by atoms with Crippen molar-refractivity contribution >= 4 is 5.96 Å². The van der Waals surface area contributed by atoms with Gasteiger partial charge in [0, 0.05) is 25.1 Å². The van der Waals surface area contributed by atoms with Gasteiger partial charge in [-0.3, -0.25) is 4.90 Å². The first-order chi connectivity index (χ1) is 14.3. The molecule has 170 valence electrons. The summed E-state index contributed by atoms with van der Waals surface area (Å²) in [7, 11) is 1.47. The van der Waals surface area contributed by atoms with Crippen LogP contribution in [0.1, 0.15) is 30.9 Å². The summed E-state index contributed by atoms with van der Waals surface area (Å²) in [5, 5.41) is 6.35. The topological polar surface area (TPSA) is 58.1 Å². The van der Waals surface area contributed by atoms with Crippen LogP contribution >= 0.6 is 0 Å². The van der Waals surface area contributed by atoms with Gasteiger partial charge in [0.1, 0.15) is 11.9 Å². The molecule has 1 saturated heterocycles. The second-order valence-electron chi connectivity index (χ2n) is 7.54. The first kappa shape index (κ1) is 24.3. The van der Waals surface area contributed by atoms with Crippen molar-refractivity contribution in [2.24, 2.45) is 4.99 Å². The molecule has 1 unspecified atom stereocenters. The lowest BCUT2D eigenvalue weighted by Gasteiger charge is -2.19. The van der Waals surface area contributed by atoms with Crippen molar-refractivity contribution in [1.82, 2.24) is 15.5 Å². The third-order valence-corrected chi connectivity index (χ3v) is 4.61. The highest BCUT2D eigenvalue weighted by Gasteiger charge is 2.28. The molecule has 2 rings (SSSR count). The Hall–Kier alpha value is -2.00. The van der Waals surface area contributed by atoms with Gasteiger partial charge in [-0.2, -0.15) is 13.2 Å². The van der Waals surface area contributed by atoms with E-state index in [2.05, 4.69) is 15.6 Å². The molecular formula is C21H33F3N4O2. The van der Waals surface area contributed by atoms with Gasteiger partial charge in [0.25, 0.3) is 0 Å². The summed E-state index contributed by atoms with van der Waals surface area (Å²) in [6.45, 7) is 6.42. The Morgan fingerprint density at radius 2 is 2.13 bits per heavy atom. The van der Waals surface area contributed by atoms with Gasteiger partial charge in [-0.1, -0.05) is 12.1 Å². The Balaban J connectivity index is 1.89. The maximum Gasteiger partial charge on any atom is 0.401 e. The fourth-order valence-electron chi connectivity index (χ4n) is 3.13. The zero-order valence-corrected chi connectivity index (χ0v) is 18.0. The molecule has 0 aromatic heterocycles. The van der Waals surface area contributed by atoms with E-state index in [-0.39, 0.29) is 6.10 Å². The highest BCUT2D eigenvalue weighted by atomic mass is 19.4. The summed E-state index contributed by atoms with van der Waals surface area (Å²) in [6, 6.07) is 6.05. The van der Waals surface area contributed by atoms with Gasteiger partial charge in [0.05, 0.1) is 26.3 Å². The Labute approximate surface area is 176 Å². The molecule has 1 aliphatic rings. The number of ether oxygens (including phenoxy) is 2. The molecule has 2 N–H and O–H groups in total. The molecule has 0 radical (unpaired) electrons. The lowest BCUT2D eigenvalue weighted by Crippen LogP contribution is -2.39. The Kier molecular flexibility index (Phi) is 9.71. The van der Waals surface area contributed by atoms with E-state index in [1.54, 1.807) is 0 Å². The van der Waals surface area contributed by atoms with Crippen molar-refractivity contribution < 1.29 is 22.6 Å². The van der Waals surface area contributed by atoms with Crippen LogP contribution < -0.4 is 15.4 Å². The van der Waals surface area contributed by atoms with Crippen molar-refractivity contribution in [2.75, 3.05) is 46.4 Å². The number of nitrogens with one attached hydrogen (secondary N) is 2. The quantitative estimate of drug-likeness (QED) is 0.339. The van der Waals surface area contributed by atoms with Crippen molar-refractivity contribution in [3.63, 3.8) is 0 Å². The smallest absolute Gasteiger partial charge is 0.401 e. The molecular weight excluding hydrogens is 397 g/mol. The summed E-state index contributed by atoms with van der Waals surface area (Å²) in [5.41, 5.74) is 2.10. The maximum atomic E-state index is 12.4. The van der Waals surface area contributed by atoms with E-state index < -0.39 is 12.7 Å². The van der Waals surface area contributed by atoms with Gasteiger partial charge in [0.15, 0.2) is 5.96 Å². The van der Waals surface area contributed by atoms with Crippen LogP contribution in [0.2, 0.25) is 0 Å². The number of guanidine groups is 1. The molecule has 1 aromatic rings. The largest absolute Gasteiger partial charge is 0.488 e. The van der Waals surface area contributed by atoms with Gasteiger partial charge in [-0.15, -0.1) is 0 Å². The van der Waals surface area contributed by atoms with Crippen molar-refractivity contribution in [3.05, 3.63) is 29.3 Å². The van der Waals surface area contributed by atoms with Gasteiger partial charge in [-0.05, 0) is 45.5 Å².